The number of para-hydroxylation sites is 1. The molecule has 0 aliphatic carbocycles. The van der Waals surface area contributed by atoms with Crippen LogP contribution in [0.25, 0.3) is 0 Å². The third-order valence-electron chi connectivity index (χ3n) is 2.87. The monoisotopic (exact) mass is 307 g/mol. The topological polar surface area (TPSA) is 86.5 Å². The van der Waals surface area contributed by atoms with Crippen molar-refractivity contribution >= 4 is 15.8 Å². The maximum absolute atomic E-state index is 12.2. The molecule has 0 unspecified atom stereocenters. The molecule has 0 spiro atoms. The third-order valence-corrected chi connectivity index (χ3v) is 4.16. The molecule has 2 rings (SSSR count). The van der Waals surface area contributed by atoms with Gasteiger partial charge in [0.05, 0.1) is 4.92 Å². The lowest BCUT2D eigenvalue weighted by atomic mass is 10.2. The molecule has 0 heterocycles. The maximum Gasteiger partial charge on any atom is 0.346 e. The smallest absolute Gasteiger partial charge is 0.346 e. The van der Waals surface area contributed by atoms with E-state index in [2.05, 4.69) is 0 Å². The highest BCUT2D eigenvalue weighted by Gasteiger charge is 2.27. The van der Waals surface area contributed by atoms with E-state index in [1.165, 1.54) is 24.3 Å². The molecule has 21 heavy (non-hydrogen) atoms. The van der Waals surface area contributed by atoms with Gasteiger partial charge < -0.3 is 4.18 Å². The first-order chi connectivity index (χ1) is 9.94. The molecule has 0 aliphatic heterocycles. The molecule has 0 bridgehead atoms. The minimum absolute atomic E-state index is 0.116. The van der Waals surface area contributed by atoms with Gasteiger partial charge in [0.1, 0.15) is 5.75 Å². The highest BCUT2D eigenvalue weighted by atomic mass is 32.2. The molecule has 0 amide bonds. The van der Waals surface area contributed by atoms with Gasteiger partial charge in [0, 0.05) is 6.07 Å². The highest BCUT2D eigenvalue weighted by molar-refractivity contribution is 7.87. The molecule has 0 N–H and O–H groups in total. The summed E-state index contributed by atoms with van der Waals surface area (Å²) in [6.07, 6.45) is 0.817. The zero-order valence-corrected chi connectivity index (χ0v) is 12.0. The van der Waals surface area contributed by atoms with Gasteiger partial charge in [0.2, 0.25) is 0 Å². The van der Waals surface area contributed by atoms with E-state index >= 15 is 0 Å². The van der Waals surface area contributed by atoms with Gasteiger partial charge in [-0.15, -0.1) is 0 Å². The number of nitro groups is 1. The normalized spacial score (nSPS) is 11.1. The second-order valence-electron chi connectivity index (χ2n) is 4.26. The summed E-state index contributed by atoms with van der Waals surface area (Å²) in [5.74, 6) is 0.116. The van der Waals surface area contributed by atoms with Gasteiger partial charge in [-0.05, 0) is 30.2 Å². The van der Waals surface area contributed by atoms with Crippen LogP contribution in [-0.2, 0) is 16.5 Å². The maximum atomic E-state index is 12.2. The molecular formula is C14H13NO5S. The van der Waals surface area contributed by atoms with E-state index in [0.717, 1.165) is 24.1 Å². The lowest BCUT2D eigenvalue weighted by molar-refractivity contribution is -0.387. The Morgan fingerprint density at radius 2 is 1.71 bits per heavy atom. The number of nitro benzene ring substituents is 1. The Hall–Kier alpha value is -2.41. The Bertz CT molecular complexity index is 753. The van der Waals surface area contributed by atoms with Crippen molar-refractivity contribution in [1.29, 1.82) is 0 Å². The molecule has 2 aromatic rings. The second-order valence-corrected chi connectivity index (χ2v) is 5.77. The summed E-state index contributed by atoms with van der Waals surface area (Å²) in [5, 5.41) is 10.9. The molecule has 6 nitrogen and oxygen atoms in total. The van der Waals surface area contributed by atoms with Crippen molar-refractivity contribution in [3.63, 3.8) is 0 Å². The molecule has 7 heteroatoms. The predicted molar refractivity (Wildman–Crippen MR) is 76.7 cm³/mol. The van der Waals surface area contributed by atoms with Crippen LogP contribution in [0.1, 0.15) is 12.5 Å². The summed E-state index contributed by atoms with van der Waals surface area (Å²) in [4.78, 5) is 9.67. The van der Waals surface area contributed by atoms with Crippen molar-refractivity contribution in [2.24, 2.45) is 0 Å². The first kappa shape index (κ1) is 15.0. The molecule has 0 saturated heterocycles. The molecule has 2 aromatic carbocycles. The third kappa shape index (κ3) is 3.38. The molecular weight excluding hydrogens is 294 g/mol. The van der Waals surface area contributed by atoms with Gasteiger partial charge in [-0.25, -0.2) is 0 Å². The largest absolute Gasteiger partial charge is 0.379 e. The van der Waals surface area contributed by atoms with Crippen LogP contribution in [0.4, 0.5) is 5.69 Å². The number of rotatable bonds is 5. The Labute approximate surface area is 122 Å². The number of aryl methyl sites for hydroxylation is 1. The number of benzene rings is 2. The second kappa shape index (κ2) is 5.92. The number of hydrogen-bond acceptors (Lipinski definition) is 5. The molecule has 0 fully saturated rings. The van der Waals surface area contributed by atoms with Crippen LogP contribution in [-0.4, -0.2) is 13.3 Å². The van der Waals surface area contributed by atoms with Gasteiger partial charge in [0.25, 0.3) is 5.69 Å². The Morgan fingerprint density at radius 3 is 2.29 bits per heavy atom. The minimum atomic E-state index is -4.25. The zero-order chi connectivity index (χ0) is 15.5. The van der Waals surface area contributed by atoms with Crippen LogP contribution in [0.3, 0.4) is 0 Å². The van der Waals surface area contributed by atoms with Crippen LogP contribution < -0.4 is 4.18 Å². The molecule has 0 radical (unpaired) electrons. The average Bonchev–Trinajstić information content (AvgIpc) is 2.47. The van der Waals surface area contributed by atoms with Crippen molar-refractivity contribution in [1.82, 2.24) is 0 Å². The van der Waals surface area contributed by atoms with E-state index in [-0.39, 0.29) is 5.75 Å². The fourth-order valence-electron chi connectivity index (χ4n) is 1.77. The van der Waals surface area contributed by atoms with Crippen molar-refractivity contribution < 1.29 is 17.5 Å². The van der Waals surface area contributed by atoms with Crippen molar-refractivity contribution in [2.45, 2.75) is 18.2 Å². The average molecular weight is 307 g/mol. The van der Waals surface area contributed by atoms with Crippen LogP contribution >= 0.6 is 0 Å². The predicted octanol–water partition coefficient (Wildman–Crippen LogP) is 2.92. The first-order valence-corrected chi connectivity index (χ1v) is 7.61. The Kier molecular flexibility index (Phi) is 4.23. The van der Waals surface area contributed by atoms with Crippen molar-refractivity contribution in [2.75, 3.05) is 0 Å². The van der Waals surface area contributed by atoms with Gasteiger partial charge in [-0.1, -0.05) is 31.2 Å². The standard InChI is InChI=1S/C14H13NO5S/c1-2-11-7-9-12(10-8-11)20-21(18,19)14-6-4-3-5-13(14)15(16)17/h3-10H,2H2,1H3. The number of hydrogen-bond donors (Lipinski definition) is 0. The lowest BCUT2D eigenvalue weighted by Gasteiger charge is -2.07. The Balaban J connectivity index is 2.36. The van der Waals surface area contributed by atoms with E-state index in [1.54, 1.807) is 12.1 Å². The highest BCUT2D eigenvalue weighted by Crippen LogP contribution is 2.26. The van der Waals surface area contributed by atoms with Crippen molar-refractivity contribution in [3.8, 4) is 5.75 Å². The Morgan fingerprint density at radius 1 is 1.10 bits per heavy atom. The van der Waals surface area contributed by atoms with Crippen LogP contribution in [0.15, 0.2) is 53.4 Å². The van der Waals surface area contributed by atoms with Gasteiger partial charge >= 0.3 is 10.1 Å². The molecule has 110 valence electrons. The quantitative estimate of drug-likeness (QED) is 0.481. The summed E-state index contributed by atoms with van der Waals surface area (Å²) >= 11 is 0. The fourth-order valence-corrected chi connectivity index (χ4v) is 2.87. The zero-order valence-electron chi connectivity index (χ0n) is 11.2. The van der Waals surface area contributed by atoms with Crippen LogP contribution in [0, 0.1) is 10.1 Å². The van der Waals surface area contributed by atoms with Gasteiger partial charge in [0.15, 0.2) is 4.90 Å². The number of nitrogens with zero attached hydrogens (tertiary/aromatic N) is 1. The molecule has 0 aliphatic rings. The van der Waals surface area contributed by atoms with E-state index in [0.29, 0.717) is 0 Å². The van der Waals surface area contributed by atoms with Crippen molar-refractivity contribution in [3.05, 3.63) is 64.2 Å². The minimum Gasteiger partial charge on any atom is -0.379 e. The fraction of sp³-hybridized carbons (Fsp3) is 0.143. The summed E-state index contributed by atoms with van der Waals surface area (Å²) in [6.45, 7) is 1.97. The SMILES string of the molecule is CCc1ccc(OS(=O)(=O)c2ccccc2[N+](=O)[O-])cc1. The van der Waals surface area contributed by atoms with E-state index in [1.807, 2.05) is 6.92 Å². The van der Waals surface area contributed by atoms with E-state index in [9.17, 15) is 18.5 Å². The first-order valence-electron chi connectivity index (χ1n) is 6.21. The summed E-state index contributed by atoms with van der Waals surface area (Å²) in [7, 11) is -4.25. The van der Waals surface area contributed by atoms with Gasteiger partial charge in [-0.2, -0.15) is 8.42 Å². The summed E-state index contributed by atoms with van der Waals surface area (Å²) < 4.78 is 29.3. The summed E-state index contributed by atoms with van der Waals surface area (Å²) in [6, 6.07) is 11.6. The molecule has 0 atom stereocenters. The summed E-state index contributed by atoms with van der Waals surface area (Å²) in [5.41, 5.74) is 0.521. The lowest BCUT2D eigenvalue weighted by Crippen LogP contribution is -2.11. The van der Waals surface area contributed by atoms with Crippen LogP contribution in [0.2, 0.25) is 0 Å². The molecule has 0 saturated carbocycles. The van der Waals surface area contributed by atoms with E-state index in [4.69, 9.17) is 4.18 Å². The van der Waals surface area contributed by atoms with E-state index < -0.39 is 25.6 Å². The molecule has 0 aromatic heterocycles. The van der Waals surface area contributed by atoms with Gasteiger partial charge in [-0.3, -0.25) is 10.1 Å². The van der Waals surface area contributed by atoms with Crippen LogP contribution in [0.5, 0.6) is 5.75 Å².